The molecule has 1 saturated carbocycles. The Bertz CT molecular complexity index is 1140. The zero-order valence-corrected chi connectivity index (χ0v) is 17.8. The number of aromatic nitrogens is 4. The van der Waals surface area contributed by atoms with E-state index >= 15 is 0 Å². The zero-order chi connectivity index (χ0) is 23.2. The number of fused-ring (bicyclic) bond motifs is 2. The van der Waals surface area contributed by atoms with Crippen LogP contribution in [0, 0.1) is 17.7 Å². The van der Waals surface area contributed by atoms with Gasteiger partial charge in [0.05, 0.1) is 0 Å². The van der Waals surface area contributed by atoms with E-state index in [-0.39, 0.29) is 23.9 Å². The summed E-state index contributed by atoms with van der Waals surface area (Å²) < 4.78 is 59.7. The number of alkyl halides is 3. The molecule has 1 N–H and O–H groups in total. The smallest absolute Gasteiger partial charge is 0.424 e. The molecule has 0 radical (unpaired) electrons. The molecule has 2 bridgehead atoms. The average Bonchev–Trinajstić information content (AvgIpc) is 3.21. The third-order valence-corrected chi connectivity index (χ3v) is 6.26. The maximum atomic E-state index is 13.4. The first-order chi connectivity index (χ1) is 15.8. The predicted octanol–water partition coefficient (Wildman–Crippen LogP) is 4.49. The highest BCUT2D eigenvalue weighted by Gasteiger charge is 2.43. The van der Waals surface area contributed by atoms with Gasteiger partial charge in [0, 0.05) is 44.1 Å². The van der Waals surface area contributed by atoms with Gasteiger partial charge in [-0.25, -0.2) is 9.07 Å². The van der Waals surface area contributed by atoms with Crippen molar-refractivity contribution >= 4 is 11.6 Å². The average molecular weight is 462 g/mol. The summed E-state index contributed by atoms with van der Waals surface area (Å²) in [5.41, 5.74) is -0.342. The van der Waals surface area contributed by atoms with Gasteiger partial charge in [0.2, 0.25) is 5.95 Å². The predicted molar refractivity (Wildman–Crippen MR) is 113 cm³/mol. The first kappa shape index (κ1) is 21.5. The molecule has 174 valence electrons. The van der Waals surface area contributed by atoms with Crippen LogP contribution in [0.5, 0.6) is 11.8 Å². The van der Waals surface area contributed by atoms with Crippen molar-refractivity contribution in [2.45, 2.75) is 25.1 Å². The van der Waals surface area contributed by atoms with Gasteiger partial charge in [-0.2, -0.15) is 18.2 Å². The number of benzene rings is 1. The molecule has 7 nitrogen and oxygen atoms in total. The van der Waals surface area contributed by atoms with Crippen LogP contribution in [0.4, 0.5) is 29.2 Å². The van der Waals surface area contributed by atoms with Gasteiger partial charge in [0.15, 0.2) is 0 Å². The van der Waals surface area contributed by atoms with Crippen LogP contribution in [-0.4, -0.2) is 38.9 Å². The topological polar surface area (TPSA) is 68.1 Å². The first-order valence-corrected chi connectivity index (χ1v) is 10.7. The molecule has 0 unspecified atom stereocenters. The molecule has 2 aromatic heterocycles. The van der Waals surface area contributed by atoms with Crippen molar-refractivity contribution in [2.75, 3.05) is 23.3 Å². The second kappa shape index (κ2) is 8.20. The Kier molecular flexibility index (Phi) is 5.34. The minimum absolute atomic E-state index is 0.106. The largest absolute Gasteiger partial charge is 0.433 e. The van der Waals surface area contributed by atoms with Gasteiger partial charge >= 0.3 is 12.2 Å². The Balaban J connectivity index is 1.28. The van der Waals surface area contributed by atoms with Crippen molar-refractivity contribution in [1.82, 2.24) is 19.7 Å². The summed E-state index contributed by atoms with van der Waals surface area (Å²) in [7, 11) is 1.69. The van der Waals surface area contributed by atoms with Crippen LogP contribution in [0.3, 0.4) is 0 Å². The number of piperidine rings is 1. The van der Waals surface area contributed by atoms with Crippen LogP contribution in [-0.2, 0) is 13.2 Å². The van der Waals surface area contributed by atoms with Crippen LogP contribution in [0.1, 0.15) is 18.5 Å². The van der Waals surface area contributed by atoms with E-state index in [1.807, 2.05) is 4.90 Å². The van der Waals surface area contributed by atoms with E-state index in [0.717, 1.165) is 18.9 Å². The Morgan fingerprint density at radius 2 is 1.85 bits per heavy atom. The Morgan fingerprint density at radius 1 is 1.09 bits per heavy atom. The van der Waals surface area contributed by atoms with Crippen molar-refractivity contribution in [3.63, 3.8) is 0 Å². The van der Waals surface area contributed by atoms with Crippen molar-refractivity contribution in [3.05, 3.63) is 54.1 Å². The third-order valence-electron chi connectivity index (χ3n) is 6.26. The van der Waals surface area contributed by atoms with Gasteiger partial charge in [-0.15, -0.1) is 5.10 Å². The molecular formula is C22H22F4N6O. The molecule has 5 rings (SSSR count). The van der Waals surface area contributed by atoms with E-state index in [9.17, 15) is 17.6 Å². The molecule has 1 aliphatic heterocycles. The highest BCUT2D eigenvalue weighted by Crippen LogP contribution is 2.41. The van der Waals surface area contributed by atoms with E-state index in [2.05, 4.69) is 20.4 Å². The van der Waals surface area contributed by atoms with Crippen LogP contribution in [0.15, 0.2) is 42.6 Å². The summed E-state index contributed by atoms with van der Waals surface area (Å²) in [6.07, 6.45) is -1.32. The van der Waals surface area contributed by atoms with Crippen molar-refractivity contribution in [1.29, 1.82) is 0 Å². The molecule has 1 aliphatic carbocycles. The summed E-state index contributed by atoms with van der Waals surface area (Å²) in [6, 6.07) is 8.84. The molecule has 2 fully saturated rings. The SMILES string of the molecule is Cn1nc(N[C@@H]2[C@@H]3CC[C@H]2CN(c2ccnc(C(F)(F)F)c2)C3)nc1Oc1cccc(F)c1. The van der Waals surface area contributed by atoms with Crippen molar-refractivity contribution < 1.29 is 22.3 Å². The molecule has 0 spiro atoms. The summed E-state index contributed by atoms with van der Waals surface area (Å²) in [4.78, 5) is 9.85. The quantitative estimate of drug-likeness (QED) is 0.564. The Hall–Kier alpha value is -3.37. The number of pyridine rings is 1. The van der Waals surface area contributed by atoms with E-state index in [0.29, 0.717) is 30.5 Å². The van der Waals surface area contributed by atoms with Gasteiger partial charge in [0.1, 0.15) is 17.3 Å². The van der Waals surface area contributed by atoms with Crippen LogP contribution in [0.2, 0.25) is 0 Å². The standard InChI is InChI=1S/C22H22F4N6O/c1-31-21(33-17-4-2-3-15(23)9-17)29-20(30-31)28-19-13-5-6-14(19)12-32(11-13)16-7-8-27-18(10-16)22(24,25)26/h2-4,7-10,13-14,19H,5-6,11-12H2,1H3,(H,28,30)/t13-,14+,19-. The van der Waals surface area contributed by atoms with Crippen LogP contribution < -0.4 is 15.0 Å². The van der Waals surface area contributed by atoms with Crippen LogP contribution in [0.25, 0.3) is 0 Å². The van der Waals surface area contributed by atoms with E-state index in [1.54, 1.807) is 25.2 Å². The lowest BCUT2D eigenvalue weighted by molar-refractivity contribution is -0.141. The molecule has 3 atom stereocenters. The number of nitrogens with one attached hydrogen (secondary N) is 1. The summed E-state index contributed by atoms with van der Waals surface area (Å²) in [6.45, 7) is 1.27. The van der Waals surface area contributed by atoms with Gasteiger partial charge in [-0.1, -0.05) is 6.07 Å². The molecule has 11 heteroatoms. The monoisotopic (exact) mass is 462 g/mol. The molecule has 3 heterocycles. The van der Waals surface area contributed by atoms with Gasteiger partial charge in [0.25, 0.3) is 0 Å². The number of ether oxygens (including phenoxy) is 1. The van der Waals surface area contributed by atoms with E-state index < -0.39 is 17.7 Å². The van der Waals surface area contributed by atoms with Gasteiger partial charge in [-0.3, -0.25) is 4.98 Å². The number of aryl methyl sites for hydroxylation is 1. The fraction of sp³-hybridized carbons (Fsp3) is 0.409. The molecule has 1 saturated heterocycles. The summed E-state index contributed by atoms with van der Waals surface area (Å²) >= 11 is 0. The van der Waals surface area contributed by atoms with Crippen molar-refractivity contribution in [3.8, 4) is 11.8 Å². The maximum absolute atomic E-state index is 13.4. The number of halogens is 4. The molecular weight excluding hydrogens is 440 g/mol. The van der Waals surface area contributed by atoms with Crippen molar-refractivity contribution in [2.24, 2.45) is 18.9 Å². The second-order valence-corrected chi connectivity index (χ2v) is 8.47. The van der Waals surface area contributed by atoms with E-state index in [1.165, 1.54) is 23.0 Å². The lowest BCUT2D eigenvalue weighted by Gasteiger charge is -2.39. The van der Waals surface area contributed by atoms with E-state index in [4.69, 9.17) is 4.74 Å². The molecule has 0 amide bonds. The molecule has 1 aromatic carbocycles. The maximum Gasteiger partial charge on any atom is 0.433 e. The highest BCUT2D eigenvalue weighted by molar-refractivity contribution is 5.49. The fourth-order valence-electron chi connectivity index (χ4n) is 4.75. The number of rotatable bonds is 5. The first-order valence-electron chi connectivity index (χ1n) is 10.7. The summed E-state index contributed by atoms with van der Waals surface area (Å²) in [5, 5.41) is 7.76. The lowest BCUT2D eigenvalue weighted by atomic mass is 9.92. The van der Waals surface area contributed by atoms with Crippen LogP contribution >= 0.6 is 0 Å². The third kappa shape index (κ3) is 4.44. The van der Waals surface area contributed by atoms with Gasteiger partial charge in [-0.05, 0) is 48.9 Å². The highest BCUT2D eigenvalue weighted by atomic mass is 19.4. The van der Waals surface area contributed by atoms with Gasteiger partial charge < -0.3 is 15.0 Å². The zero-order valence-electron chi connectivity index (χ0n) is 17.8. The number of hydrogen-bond donors (Lipinski definition) is 1. The lowest BCUT2D eigenvalue weighted by Crippen LogP contribution is -2.48. The summed E-state index contributed by atoms with van der Waals surface area (Å²) in [5.74, 6) is 0.793. The number of nitrogens with zero attached hydrogens (tertiary/aromatic N) is 5. The molecule has 33 heavy (non-hydrogen) atoms. The fourth-order valence-corrected chi connectivity index (χ4v) is 4.75. The molecule has 3 aromatic rings. The Labute approximate surface area is 187 Å². The number of hydrogen-bond acceptors (Lipinski definition) is 6. The second-order valence-electron chi connectivity index (χ2n) is 8.47. The minimum Gasteiger partial charge on any atom is -0.424 e. The number of anilines is 2. The normalized spacial score (nSPS) is 22.5. The molecule has 2 aliphatic rings. The minimum atomic E-state index is -4.47. The Morgan fingerprint density at radius 3 is 2.55 bits per heavy atom.